The maximum atomic E-state index is 12.8. The number of fused-ring (bicyclic) bond motifs is 1. The third kappa shape index (κ3) is 4.26. The lowest BCUT2D eigenvalue weighted by Gasteiger charge is -2.15. The number of hydrogen-bond acceptors (Lipinski definition) is 5. The Balaban J connectivity index is 1.53. The smallest absolute Gasteiger partial charge is 0.255 e. The Morgan fingerprint density at radius 3 is 2.53 bits per heavy atom. The third-order valence-corrected chi connectivity index (χ3v) is 7.37. The number of nitrogens with zero attached hydrogens (tertiary/aromatic N) is 3. The predicted octanol–water partition coefficient (Wildman–Crippen LogP) is 3.40. The molecule has 0 unspecified atom stereocenters. The lowest BCUT2D eigenvalue weighted by molar-refractivity contribution is 0.102. The van der Waals surface area contributed by atoms with Crippen molar-refractivity contribution in [3.05, 3.63) is 60.0 Å². The number of sulfonamides is 1. The molecule has 1 aromatic heterocycles. The molecule has 2 aromatic carbocycles. The van der Waals surface area contributed by atoms with Crippen LogP contribution in [0.3, 0.4) is 0 Å². The summed E-state index contributed by atoms with van der Waals surface area (Å²) in [6.45, 7) is 1.00. The summed E-state index contributed by atoms with van der Waals surface area (Å²) in [6, 6.07) is 11.8. The van der Waals surface area contributed by atoms with Crippen LogP contribution in [-0.2, 0) is 23.0 Å². The Bertz CT molecular complexity index is 1220. The number of aryl methyl sites for hydroxylation is 2. The molecule has 1 aliphatic heterocycles. The molecule has 2 heterocycles. The standard InChI is InChI=1S/C23H26N4O4S/c1-26(2)32(29,30)21-14-17(9-12-20(21)31-3)23(28)24-18-10-7-16(8-11-18)19-15-27-13-5-4-6-22(27)25-19/h7-12,14-15H,4-6,13H2,1-3H3,(H,24,28). The minimum Gasteiger partial charge on any atom is -0.495 e. The maximum absolute atomic E-state index is 12.8. The van der Waals surface area contributed by atoms with E-state index in [0.29, 0.717) is 5.69 Å². The van der Waals surface area contributed by atoms with E-state index in [1.54, 1.807) is 0 Å². The fourth-order valence-corrected chi connectivity index (χ4v) is 4.77. The van der Waals surface area contributed by atoms with Crippen LogP contribution < -0.4 is 10.1 Å². The highest BCUT2D eigenvalue weighted by molar-refractivity contribution is 7.89. The summed E-state index contributed by atoms with van der Waals surface area (Å²) in [5.74, 6) is 0.891. The van der Waals surface area contributed by atoms with E-state index in [4.69, 9.17) is 9.72 Å². The molecule has 3 aromatic rings. The Morgan fingerprint density at radius 2 is 1.88 bits per heavy atom. The number of ether oxygens (including phenoxy) is 1. The maximum Gasteiger partial charge on any atom is 0.255 e. The minimum atomic E-state index is -3.77. The van der Waals surface area contributed by atoms with E-state index in [2.05, 4.69) is 16.1 Å². The van der Waals surface area contributed by atoms with Crippen LogP contribution in [0.5, 0.6) is 5.75 Å². The van der Waals surface area contributed by atoms with Crippen molar-refractivity contribution < 1.29 is 17.9 Å². The van der Waals surface area contributed by atoms with Crippen LogP contribution in [0.1, 0.15) is 29.0 Å². The van der Waals surface area contributed by atoms with Crippen LogP contribution >= 0.6 is 0 Å². The summed E-state index contributed by atoms with van der Waals surface area (Å²) in [5.41, 5.74) is 2.73. The number of nitrogens with one attached hydrogen (secondary N) is 1. The topological polar surface area (TPSA) is 93.5 Å². The highest BCUT2D eigenvalue weighted by Crippen LogP contribution is 2.28. The summed E-state index contributed by atoms with van der Waals surface area (Å²) in [6.07, 6.45) is 5.43. The molecule has 4 rings (SSSR count). The van der Waals surface area contributed by atoms with Crippen molar-refractivity contribution in [2.45, 2.75) is 30.7 Å². The first-order valence-corrected chi connectivity index (χ1v) is 11.8. The van der Waals surface area contributed by atoms with Gasteiger partial charge in [-0.1, -0.05) is 12.1 Å². The van der Waals surface area contributed by atoms with Gasteiger partial charge in [-0.3, -0.25) is 4.79 Å². The van der Waals surface area contributed by atoms with E-state index in [1.807, 2.05) is 24.3 Å². The average Bonchev–Trinajstić information content (AvgIpc) is 3.23. The Kier molecular flexibility index (Phi) is 6.03. The first-order valence-electron chi connectivity index (χ1n) is 10.4. The monoisotopic (exact) mass is 454 g/mol. The van der Waals surface area contributed by atoms with Crippen LogP contribution in [0.25, 0.3) is 11.3 Å². The van der Waals surface area contributed by atoms with Crippen molar-refractivity contribution in [3.8, 4) is 17.0 Å². The van der Waals surface area contributed by atoms with Gasteiger partial charge in [0.25, 0.3) is 5.91 Å². The molecule has 0 bridgehead atoms. The second kappa shape index (κ2) is 8.76. The summed E-state index contributed by atoms with van der Waals surface area (Å²) in [7, 11) is 0.484. The van der Waals surface area contributed by atoms with Gasteiger partial charge in [-0.25, -0.2) is 17.7 Å². The molecule has 9 heteroatoms. The van der Waals surface area contributed by atoms with Crippen LogP contribution in [0.15, 0.2) is 53.6 Å². The van der Waals surface area contributed by atoms with E-state index >= 15 is 0 Å². The molecule has 8 nitrogen and oxygen atoms in total. The van der Waals surface area contributed by atoms with Crippen molar-refractivity contribution in [1.82, 2.24) is 13.9 Å². The molecule has 0 aliphatic carbocycles. The second-order valence-electron chi connectivity index (χ2n) is 7.88. The number of aromatic nitrogens is 2. The van der Waals surface area contributed by atoms with Gasteiger partial charge in [0.15, 0.2) is 0 Å². The molecular weight excluding hydrogens is 428 g/mol. The van der Waals surface area contributed by atoms with Gasteiger partial charge in [0.1, 0.15) is 16.5 Å². The van der Waals surface area contributed by atoms with Crippen LogP contribution in [-0.4, -0.2) is 49.4 Å². The first kappa shape index (κ1) is 22.0. The molecule has 0 radical (unpaired) electrons. The molecule has 0 spiro atoms. The largest absolute Gasteiger partial charge is 0.495 e. The summed E-state index contributed by atoms with van der Waals surface area (Å²) < 4.78 is 33.7. The average molecular weight is 455 g/mol. The number of methoxy groups -OCH3 is 1. The van der Waals surface area contributed by atoms with Crippen LogP contribution in [0.2, 0.25) is 0 Å². The number of carbonyl (C=O) groups excluding carboxylic acids is 1. The Labute approximate surface area is 187 Å². The van der Waals surface area contributed by atoms with E-state index in [-0.39, 0.29) is 16.2 Å². The van der Waals surface area contributed by atoms with E-state index in [9.17, 15) is 13.2 Å². The van der Waals surface area contributed by atoms with E-state index in [1.165, 1.54) is 52.2 Å². The van der Waals surface area contributed by atoms with E-state index in [0.717, 1.165) is 34.4 Å². The number of hydrogen-bond donors (Lipinski definition) is 1. The SMILES string of the molecule is COc1ccc(C(=O)Nc2ccc(-c3cn4c(n3)CCCC4)cc2)cc1S(=O)(=O)N(C)C. The van der Waals surface area contributed by atoms with Crippen molar-refractivity contribution in [3.63, 3.8) is 0 Å². The van der Waals surface area contributed by atoms with Crippen molar-refractivity contribution in [2.24, 2.45) is 0 Å². The molecule has 1 amide bonds. The molecule has 1 aliphatic rings. The van der Waals surface area contributed by atoms with Crippen molar-refractivity contribution >= 4 is 21.6 Å². The molecule has 0 saturated carbocycles. The molecule has 168 valence electrons. The number of benzene rings is 2. The molecule has 0 atom stereocenters. The summed E-state index contributed by atoms with van der Waals surface area (Å²) in [4.78, 5) is 17.4. The molecule has 0 saturated heterocycles. The van der Waals surface area contributed by atoms with Gasteiger partial charge in [-0.2, -0.15) is 0 Å². The number of anilines is 1. The van der Waals surface area contributed by atoms with Crippen molar-refractivity contribution in [2.75, 3.05) is 26.5 Å². The van der Waals surface area contributed by atoms with Gasteiger partial charge in [-0.05, 0) is 43.2 Å². The first-order chi connectivity index (χ1) is 15.3. The lowest BCUT2D eigenvalue weighted by atomic mass is 10.1. The molecule has 32 heavy (non-hydrogen) atoms. The summed E-state index contributed by atoms with van der Waals surface area (Å²) >= 11 is 0. The van der Waals surface area contributed by atoms with Gasteiger partial charge < -0.3 is 14.6 Å². The normalized spacial score (nSPS) is 13.6. The Hall–Kier alpha value is -3.17. The molecule has 0 fully saturated rings. The zero-order chi connectivity index (χ0) is 22.9. The highest BCUT2D eigenvalue weighted by atomic mass is 32.2. The molecule has 1 N–H and O–H groups in total. The lowest BCUT2D eigenvalue weighted by Crippen LogP contribution is -2.23. The zero-order valence-electron chi connectivity index (χ0n) is 18.3. The second-order valence-corrected chi connectivity index (χ2v) is 10.00. The van der Waals surface area contributed by atoms with Gasteiger partial charge in [0.05, 0.1) is 12.8 Å². The fraction of sp³-hybridized carbons (Fsp3) is 0.304. The fourth-order valence-electron chi connectivity index (χ4n) is 3.70. The minimum absolute atomic E-state index is 0.0586. The van der Waals surface area contributed by atoms with Gasteiger partial charge >= 0.3 is 0 Å². The van der Waals surface area contributed by atoms with Crippen LogP contribution in [0, 0.1) is 0 Å². The summed E-state index contributed by atoms with van der Waals surface area (Å²) in [5, 5.41) is 2.82. The van der Waals surface area contributed by atoms with E-state index < -0.39 is 15.9 Å². The quantitative estimate of drug-likeness (QED) is 0.616. The van der Waals surface area contributed by atoms with Gasteiger partial charge in [0.2, 0.25) is 10.0 Å². The number of carbonyl (C=O) groups is 1. The zero-order valence-corrected chi connectivity index (χ0v) is 19.1. The predicted molar refractivity (Wildman–Crippen MR) is 122 cm³/mol. The number of amides is 1. The van der Waals surface area contributed by atoms with Gasteiger partial charge in [0, 0.05) is 50.1 Å². The van der Waals surface area contributed by atoms with Gasteiger partial charge in [-0.15, -0.1) is 0 Å². The number of rotatable bonds is 6. The van der Waals surface area contributed by atoms with Crippen LogP contribution in [0.4, 0.5) is 5.69 Å². The number of imidazole rings is 1. The van der Waals surface area contributed by atoms with Crippen molar-refractivity contribution in [1.29, 1.82) is 0 Å². The molecular formula is C23H26N4O4S. The highest BCUT2D eigenvalue weighted by Gasteiger charge is 2.24. The third-order valence-electron chi connectivity index (χ3n) is 5.53. The Morgan fingerprint density at radius 1 is 1.12 bits per heavy atom.